The quantitative estimate of drug-likeness (QED) is 0.827. The van der Waals surface area contributed by atoms with Gasteiger partial charge in [-0.2, -0.15) is 0 Å². The lowest BCUT2D eigenvalue weighted by Crippen LogP contribution is -2.21. The van der Waals surface area contributed by atoms with E-state index in [1.807, 2.05) is 30.3 Å². The molecule has 1 atom stereocenters. The number of rotatable bonds is 4. The van der Waals surface area contributed by atoms with Crippen molar-refractivity contribution in [3.63, 3.8) is 0 Å². The summed E-state index contributed by atoms with van der Waals surface area (Å²) in [6, 6.07) is 7.33. The Hall–Kier alpha value is -0.830. The van der Waals surface area contributed by atoms with Crippen LogP contribution in [0.5, 0.6) is 0 Å². The Morgan fingerprint density at radius 3 is 2.53 bits per heavy atom. The molecule has 0 unspecified atom stereocenters. The molecule has 0 aliphatic heterocycles. The molecule has 0 amide bonds. The number of allylic oxidation sites excluding steroid dienone is 1. The van der Waals surface area contributed by atoms with Gasteiger partial charge in [-0.05, 0) is 29.7 Å². The van der Waals surface area contributed by atoms with Crippen LogP contribution in [0.25, 0.3) is 5.57 Å². The average Bonchev–Trinajstić information content (AvgIpc) is 2.27. The second-order valence-corrected chi connectivity index (χ2v) is 3.84. The zero-order chi connectivity index (χ0) is 11.3. The van der Waals surface area contributed by atoms with Gasteiger partial charge in [0.15, 0.2) is 0 Å². The van der Waals surface area contributed by atoms with Gasteiger partial charge >= 0.3 is 0 Å². The highest BCUT2D eigenvalue weighted by Crippen LogP contribution is 2.20. The summed E-state index contributed by atoms with van der Waals surface area (Å²) in [7, 11) is 0. The molecular weight excluding hydrogens is 210 g/mol. The molecule has 3 N–H and O–H groups in total. The molecule has 0 saturated carbocycles. The summed E-state index contributed by atoms with van der Waals surface area (Å²) >= 11 is 5.81. The van der Waals surface area contributed by atoms with Crippen LogP contribution in [0.1, 0.15) is 18.9 Å². The van der Waals surface area contributed by atoms with Crippen molar-refractivity contribution < 1.29 is 5.11 Å². The van der Waals surface area contributed by atoms with E-state index in [4.69, 9.17) is 22.4 Å². The fraction of sp³-hybridized carbons (Fsp3) is 0.333. The van der Waals surface area contributed by atoms with E-state index < -0.39 is 0 Å². The number of nitrogens with two attached hydrogens (primary N) is 1. The Kier molecular flexibility index (Phi) is 4.82. The van der Waals surface area contributed by atoms with Gasteiger partial charge in [-0.1, -0.05) is 36.7 Å². The average molecular weight is 226 g/mol. The number of hydrogen-bond acceptors (Lipinski definition) is 2. The Balaban J connectivity index is 2.92. The van der Waals surface area contributed by atoms with E-state index in [0.717, 1.165) is 22.6 Å². The first-order valence-corrected chi connectivity index (χ1v) is 5.38. The molecule has 15 heavy (non-hydrogen) atoms. The molecule has 0 saturated heterocycles. The van der Waals surface area contributed by atoms with Crippen molar-refractivity contribution in [1.29, 1.82) is 0 Å². The fourth-order valence-electron chi connectivity index (χ4n) is 1.39. The summed E-state index contributed by atoms with van der Waals surface area (Å²) in [6.45, 7) is 2.03. The lowest BCUT2D eigenvalue weighted by molar-refractivity contribution is 0.284. The monoisotopic (exact) mass is 225 g/mol. The van der Waals surface area contributed by atoms with Crippen molar-refractivity contribution >= 4 is 17.2 Å². The molecule has 82 valence electrons. The second-order valence-electron chi connectivity index (χ2n) is 3.40. The first-order valence-electron chi connectivity index (χ1n) is 5.00. The van der Waals surface area contributed by atoms with Crippen LogP contribution in [0.4, 0.5) is 0 Å². The second kappa shape index (κ2) is 5.91. The topological polar surface area (TPSA) is 46.2 Å². The number of benzene rings is 1. The highest BCUT2D eigenvalue weighted by molar-refractivity contribution is 6.30. The zero-order valence-corrected chi connectivity index (χ0v) is 9.54. The molecular formula is C12H16ClNO. The molecule has 0 aromatic heterocycles. The van der Waals surface area contributed by atoms with E-state index in [2.05, 4.69) is 6.92 Å². The minimum atomic E-state index is -0.296. The van der Waals surface area contributed by atoms with Gasteiger partial charge in [-0.3, -0.25) is 0 Å². The Morgan fingerprint density at radius 1 is 1.47 bits per heavy atom. The Bertz CT molecular complexity index is 332. The zero-order valence-electron chi connectivity index (χ0n) is 8.78. The van der Waals surface area contributed by atoms with Crippen molar-refractivity contribution in [2.75, 3.05) is 6.61 Å². The van der Waals surface area contributed by atoms with Crippen LogP contribution in [-0.2, 0) is 0 Å². The summed E-state index contributed by atoms with van der Waals surface area (Å²) < 4.78 is 0. The largest absolute Gasteiger partial charge is 0.394 e. The van der Waals surface area contributed by atoms with E-state index >= 15 is 0 Å². The van der Waals surface area contributed by atoms with Crippen LogP contribution in [0.15, 0.2) is 30.3 Å². The third-order valence-corrected chi connectivity index (χ3v) is 2.47. The van der Waals surface area contributed by atoms with Gasteiger partial charge in [0, 0.05) is 11.1 Å². The molecule has 0 spiro atoms. The summed E-state index contributed by atoms with van der Waals surface area (Å²) in [5.41, 5.74) is 7.90. The molecule has 0 aliphatic rings. The Morgan fingerprint density at radius 2 is 2.07 bits per heavy atom. The van der Waals surface area contributed by atoms with E-state index in [1.54, 1.807) is 0 Å². The molecule has 1 rings (SSSR count). The van der Waals surface area contributed by atoms with Gasteiger partial charge in [0.2, 0.25) is 0 Å². The van der Waals surface area contributed by atoms with Crippen molar-refractivity contribution in [1.82, 2.24) is 0 Å². The van der Waals surface area contributed by atoms with Gasteiger partial charge in [0.05, 0.1) is 6.61 Å². The van der Waals surface area contributed by atoms with Gasteiger partial charge in [-0.15, -0.1) is 0 Å². The lowest BCUT2D eigenvalue weighted by Gasteiger charge is -2.08. The number of aliphatic hydroxyl groups excluding tert-OH is 1. The predicted molar refractivity (Wildman–Crippen MR) is 64.8 cm³/mol. The lowest BCUT2D eigenvalue weighted by atomic mass is 10.0. The SMILES string of the molecule is CC/C(=C\[C@H](N)CO)c1ccc(Cl)cc1. The Labute approximate surface area is 95.4 Å². The van der Waals surface area contributed by atoms with E-state index in [1.165, 1.54) is 0 Å². The smallest absolute Gasteiger partial charge is 0.0618 e. The summed E-state index contributed by atoms with van der Waals surface area (Å²) in [5.74, 6) is 0. The molecule has 1 aromatic carbocycles. The van der Waals surface area contributed by atoms with Crippen LogP contribution in [0, 0.1) is 0 Å². The molecule has 0 radical (unpaired) electrons. The highest BCUT2D eigenvalue weighted by Gasteiger charge is 2.02. The number of hydrogen-bond donors (Lipinski definition) is 2. The molecule has 0 heterocycles. The van der Waals surface area contributed by atoms with Crippen molar-refractivity contribution in [3.05, 3.63) is 40.9 Å². The third-order valence-electron chi connectivity index (χ3n) is 2.22. The molecule has 0 fully saturated rings. The van der Waals surface area contributed by atoms with E-state index in [0.29, 0.717) is 0 Å². The van der Waals surface area contributed by atoms with Gasteiger partial charge in [0.25, 0.3) is 0 Å². The molecule has 3 heteroatoms. The van der Waals surface area contributed by atoms with Crippen molar-refractivity contribution in [2.45, 2.75) is 19.4 Å². The highest BCUT2D eigenvalue weighted by atomic mass is 35.5. The van der Waals surface area contributed by atoms with Gasteiger partial charge in [0.1, 0.15) is 0 Å². The molecule has 1 aromatic rings. The maximum atomic E-state index is 8.88. The fourth-order valence-corrected chi connectivity index (χ4v) is 1.52. The molecule has 0 aliphatic carbocycles. The summed E-state index contributed by atoms with van der Waals surface area (Å²) in [5, 5.41) is 9.60. The standard InChI is InChI=1S/C12H16ClNO/c1-2-9(7-12(14)8-15)10-3-5-11(13)6-4-10/h3-7,12,15H,2,8,14H2,1H3/b9-7+/t12-/m0/s1. The van der Waals surface area contributed by atoms with E-state index in [-0.39, 0.29) is 12.6 Å². The predicted octanol–water partition coefficient (Wildman–Crippen LogP) is 2.45. The summed E-state index contributed by atoms with van der Waals surface area (Å²) in [4.78, 5) is 0. The van der Waals surface area contributed by atoms with Crippen molar-refractivity contribution in [2.24, 2.45) is 5.73 Å². The number of halogens is 1. The third kappa shape index (κ3) is 3.67. The van der Waals surface area contributed by atoms with Crippen LogP contribution in [0.3, 0.4) is 0 Å². The number of aliphatic hydroxyl groups is 1. The minimum Gasteiger partial charge on any atom is -0.394 e. The van der Waals surface area contributed by atoms with E-state index in [9.17, 15) is 0 Å². The van der Waals surface area contributed by atoms with Crippen LogP contribution < -0.4 is 5.73 Å². The van der Waals surface area contributed by atoms with Crippen LogP contribution in [0.2, 0.25) is 5.02 Å². The molecule has 0 bridgehead atoms. The van der Waals surface area contributed by atoms with Gasteiger partial charge < -0.3 is 10.8 Å². The van der Waals surface area contributed by atoms with Gasteiger partial charge in [-0.25, -0.2) is 0 Å². The first kappa shape index (κ1) is 12.2. The maximum absolute atomic E-state index is 8.88. The minimum absolute atomic E-state index is 0.0307. The maximum Gasteiger partial charge on any atom is 0.0618 e. The van der Waals surface area contributed by atoms with Crippen LogP contribution in [-0.4, -0.2) is 17.8 Å². The summed E-state index contributed by atoms with van der Waals surface area (Å²) in [6.07, 6.45) is 2.78. The van der Waals surface area contributed by atoms with Crippen LogP contribution >= 0.6 is 11.6 Å². The first-order chi connectivity index (χ1) is 7.17. The van der Waals surface area contributed by atoms with Crippen molar-refractivity contribution in [3.8, 4) is 0 Å². The normalized spacial score (nSPS) is 14.0. The molecule has 2 nitrogen and oxygen atoms in total.